The summed E-state index contributed by atoms with van der Waals surface area (Å²) in [5, 5.41) is 0. The van der Waals surface area contributed by atoms with E-state index in [0.717, 1.165) is 29.8 Å². The Morgan fingerprint density at radius 2 is 2.10 bits per heavy atom. The smallest absolute Gasteiger partial charge is 0.138 e. The minimum absolute atomic E-state index is 0.168. The van der Waals surface area contributed by atoms with Crippen LogP contribution in [0.2, 0.25) is 0 Å². The third-order valence-electron chi connectivity index (χ3n) is 4.54. The van der Waals surface area contributed by atoms with E-state index < -0.39 is 0 Å². The predicted molar refractivity (Wildman–Crippen MR) is 93.4 cm³/mol. The lowest BCUT2D eigenvalue weighted by atomic mass is 9.88. The van der Waals surface area contributed by atoms with Crippen LogP contribution in [0.5, 0.6) is 0 Å². The van der Waals surface area contributed by atoms with E-state index in [0.29, 0.717) is 14.9 Å². The summed E-state index contributed by atoms with van der Waals surface area (Å²) in [5.41, 5.74) is 2.08. The maximum atomic E-state index is 14.0. The van der Waals surface area contributed by atoms with Crippen molar-refractivity contribution in [3.8, 4) is 0 Å². The summed E-state index contributed by atoms with van der Waals surface area (Å²) in [6.45, 7) is 3.25. The zero-order chi connectivity index (χ0) is 15.0. The fraction of sp³-hybridized carbons (Fsp3) is 0.562. The number of imidazole rings is 1. The van der Waals surface area contributed by atoms with Crippen molar-refractivity contribution < 1.29 is 4.39 Å². The lowest BCUT2D eigenvalue weighted by Gasteiger charge is -2.25. The molecule has 0 aliphatic heterocycles. The van der Waals surface area contributed by atoms with Crippen LogP contribution in [-0.4, -0.2) is 15.4 Å². The molecule has 1 aromatic carbocycles. The van der Waals surface area contributed by atoms with Gasteiger partial charge >= 0.3 is 0 Å². The number of benzene rings is 1. The van der Waals surface area contributed by atoms with Crippen LogP contribution < -0.4 is 0 Å². The third kappa shape index (κ3) is 3.07. The molecule has 21 heavy (non-hydrogen) atoms. The number of fused-ring (bicyclic) bond motifs is 1. The number of halogens is 3. The van der Waals surface area contributed by atoms with Crippen LogP contribution in [0.1, 0.15) is 38.4 Å². The molecule has 0 bridgehead atoms. The van der Waals surface area contributed by atoms with E-state index in [1.54, 1.807) is 6.07 Å². The highest BCUT2D eigenvalue weighted by Gasteiger charge is 2.30. The number of aromatic nitrogens is 2. The van der Waals surface area contributed by atoms with Gasteiger partial charge < -0.3 is 4.57 Å². The monoisotopic (exact) mass is 420 g/mol. The van der Waals surface area contributed by atoms with Crippen molar-refractivity contribution in [3.63, 3.8) is 0 Å². The van der Waals surface area contributed by atoms with Crippen molar-refractivity contribution in [1.82, 2.24) is 9.55 Å². The van der Waals surface area contributed by atoms with Crippen LogP contribution in [0.25, 0.3) is 11.0 Å². The van der Waals surface area contributed by atoms with Crippen LogP contribution in [-0.2, 0) is 13.0 Å². The molecule has 114 valence electrons. The van der Waals surface area contributed by atoms with Crippen molar-refractivity contribution in [2.75, 3.05) is 5.88 Å². The van der Waals surface area contributed by atoms with Gasteiger partial charge in [0.25, 0.3) is 0 Å². The summed E-state index contributed by atoms with van der Waals surface area (Å²) in [7, 11) is 0. The molecular formula is C16H19ClFIN2. The molecule has 5 heteroatoms. The van der Waals surface area contributed by atoms with E-state index >= 15 is 0 Å². The Bertz CT molecular complexity index is 662. The molecule has 2 nitrogen and oxygen atoms in total. The third-order valence-corrected chi connectivity index (χ3v) is 5.55. The zero-order valence-electron chi connectivity index (χ0n) is 12.1. The molecule has 0 unspecified atom stereocenters. The predicted octanol–water partition coefficient (Wildman–Crippen LogP) is 5.14. The minimum atomic E-state index is -0.168. The lowest BCUT2D eigenvalue weighted by molar-refractivity contribution is 0.282. The molecule has 1 aliphatic carbocycles. The second kappa shape index (κ2) is 6.03. The Morgan fingerprint density at radius 1 is 1.38 bits per heavy atom. The molecule has 2 aromatic rings. The number of hydrogen-bond acceptors (Lipinski definition) is 1. The van der Waals surface area contributed by atoms with Gasteiger partial charge in [-0.1, -0.05) is 19.8 Å². The van der Waals surface area contributed by atoms with Gasteiger partial charge in [-0.05, 0) is 46.9 Å². The molecule has 0 spiro atoms. The second-order valence-corrected chi connectivity index (χ2v) is 7.87. The van der Waals surface area contributed by atoms with Crippen molar-refractivity contribution in [3.05, 3.63) is 27.3 Å². The Labute approximate surface area is 143 Å². The van der Waals surface area contributed by atoms with Gasteiger partial charge in [-0.3, -0.25) is 0 Å². The van der Waals surface area contributed by atoms with E-state index in [4.69, 9.17) is 11.6 Å². The summed E-state index contributed by atoms with van der Waals surface area (Å²) in [6.07, 6.45) is 5.78. The molecule has 0 amide bonds. The average molecular weight is 421 g/mol. The summed E-state index contributed by atoms with van der Waals surface area (Å²) in [5.74, 6) is 1.35. The number of alkyl halides is 1. The number of nitrogens with zero attached hydrogens (tertiary/aromatic N) is 2. The van der Waals surface area contributed by atoms with Crippen LogP contribution in [0.15, 0.2) is 12.1 Å². The van der Waals surface area contributed by atoms with Gasteiger partial charge in [0.1, 0.15) is 11.6 Å². The fourth-order valence-corrected chi connectivity index (χ4v) is 4.01. The van der Waals surface area contributed by atoms with Crippen molar-refractivity contribution in [2.24, 2.45) is 5.41 Å². The normalized spacial score (nSPS) is 17.7. The number of aryl methyl sites for hydroxylation is 1. The van der Waals surface area contributed by atoms with E-state index in [2.05, 4.69) is 16.5 Å². The first-order chi connectivity index (χ1) is 10.0. The molecule has 0 atom stereocenters. The molecule has 0 radical (unpaired) electrons. The number of hydrogen-bond donors (Lipinski definition) is 0. The minimum Gasteiger partial charge on any atom is -0.327 e. The van der Waals surface area contributed by atoms with Crippen LogP contribution in [0, 0.1) is 14.8 Å². The Morgan fingerprint density at radius 3 is 2.76 bits per heavy atom. The van der Waals surface area contributed by atoms with Crippen LogP contribution in [0.3, 0.4) is 0 Å². The molecular weight excluding hydrogens is 402 g/mol. The Kier molecular flexibility index (Phi) is 4.46. The standard InChI is InChI=1S/C16H19ClFIN2/c1-16(5-2-3-6-16)10-21-14-8-11(18)12(19)9-13(14)20-15(21)4-7-17/h8-9H,2-7,10H2,1H3. The molecule has 0 saturated heterocycles. The molecule has 0 N–H and O–H groups in total. The molecule has 1 aromatic heterocycles. The summed E-state index contributed by atoms with van der Waals surface area (Å²) in [4.78, 5) is 4.68. The molecule has 1 saturated carbocycles. The zero-order valence-corrected chi connectivity index (χ0v) is 15.0. The largest absolute Gasteiger partial charge is 0.327 e. The Hall–Kier alpha value is -0.360. The summed E-state index contributed by atoms with van der Waals surface area (Å²) < 4.78 is 16.8. The van der Waals surface area contributed by atoms with Gasteiger partial charge in [-0.25, -0.2) is 9.37 Å². The number of rotatable bonds is 4. The molecule has 1 fully saturated rings. The second-order valence-electron chi connectivity index (χ2n) is 6.33. The Balaban J connectivity index is 2.08. The van der Waals surface area contributed by atoms with Gasteiger partial charge in [0.05, 0.1) is 14.6 Å². The molecule has 1 aliphatic rings. The van der Waals surface area contributed by atoms with E-state index in [-0.39, 0.29) is 5.82 Å². The van der Waals surface area contributed by atoms with Crippen LogP contribution >= 0.6 is 34.2 Å². The first kappa shape index (κ1) is 15.5. The van der Waals surface area contributed by atoms with Crippen molar-refractivity contribution in [1.29, 1.82) is 0 Å². The first-order valence-electron chi connectivity index (χ1n) is 7.42. The highest BCUT2D eigenvalue weighted by molar-refractivity contribution is 14.1. The van der Waals surface area contributed by atoms with Crippen LogP contribution in [0.4, 0.5) is 4.39 Å². The molecule has 1 heterocycles. The maximum Gasteiger partial charge on any atom is 0.138 e. The quantitative estimate of drug-likeness (QED) is 0.494. The van der Waals surface area contributed by atoms with Gasteiger partial charge in [0.2, 0.25) is 0 Å². The van der Waals surface area contributed by atoms with E-state index in [1.807, 2.05) is 28.7 Å². The lowest BCUT2D eigenvalue weighted by Crippen LogP contribution is -2.21. The van der Waals surface area contributed by atoms with Gasteiger partial charge in [-0.15, -0.1) is 11.6 Å². The van der Waals surface area contributed by atoms with Crippen molar-refractivity contribution >= 4 is 45.2 Å². The van der Waals surface area contributed by atoms with E-state index in [9.17, 15) is 4.39 Å². The topological polar surface area (TPSA) is 17.8 Å². The SMILES string of the molecule is CC1(Cn2c(CCCl)nc3cc(I)c(F)cc32)CCCC1. The summed E-state index contributed by atoms with van der Waals surface area (Å²) in [6, 6.07) is 3.45. The van der Waals surface area contributed by atoms with E-state index in [1.165, 1.54) is 25.7 Å². The van der Waals surface area contributed by atoms with Gasteiger partial charge in [0.15, 0.2) is 0 Å². The first-order valence-corrected chi connectivity index (χ1v) is 9.04. The average Bonchev–Trinajstić information content (AvgIpc) is 2.98. The van der Waals surface area contributed by atoms with Crippen molar-refractivity contribution in [2.45, 2.75) is 45.6 Å². The highest BCUT2D eigenvalue weighted by Crippen LogP contribution is 2.40. The maximum absolute atomic E-state index is 14.0. The van der Waals surface area contributed by atoms with Gasteiger partial charge in [-0.2, -0.15) is 0 Å². The fourth-order valence-electron chi connectivity index (χ4n) is 3.39. The summed E-state index contributed by atoms with van der Waals surface area (Å²) >= 11 is 7.94. The van der Waals surface area contributed by atoms with Gasteiger partial charge in [0, 0.05) is 24.9 Å². The highest BCUT2D eigenvalue weighted by atomic mass is 127. The molecule has 3 rings (SSSR count).